The topological polar surface area (TPSA) is 30.5 Å². The van der Waals surface area contributed by atoms with Crippen LogP contribution in [0.5, 0.6) is 5.75 Å². The molecule has 1 aromatic carbocycles. The molecule has 1 aromatic rings. The Labute approximate surface area is 137 Å². The van der Waals surface area contributed by atoms with Gasteiger partial charge in [0.1, 0.15) is 12.4 Å². The van der Waals surface area contributed by atoms with Gasteiger partial charge in [0, 0.05) is 13.2 Å². The molecule has 3 nitrogen and oxygen atoms in total. The van der Waals surface area contributed by atoms with Gasteiger partial charge < -0.3 is 14.8 Å². The van der Waals surface area contributed by atoms with Crippen molar-refractivity contribution >= 4 is 15.9 Å². The first-order valence-corrected chi connectivity index (χ1v) is 8.34. The lowest BCUT2D eigenvalue weighted by molar-refractivity contribution is 0.146. The SMILES string of the molecule is CCCNC(c1ccc(OCCOC)c(Br)c1)C(C)(C)C. The summed E-state index contributed by atoms with van der Waals surface area (Å²) in [5.41, 5.74) is 1.44. The number of ether oxygens (including phenoxy) is 2. The fraction of sp³-hybridized carbons (Fsp3) is 0.647. The molecule has 0 aromatic heterocycles. The Hall–Kier alpha value is -0.580. The lowest BCUT2D eigenvalue weighted by atomic mass is 9.82. The molecule has 0 bridgehead atoms. The summed E-state index contributed by atoms with van der Waals surface area (Å²) in [7, 11) is 1.68. The molecule has 0 spiro atoms. The molecule has 1 N–H and O–H groups in total. The minimum absolute atomic E-state index is 0.160. The molecular weight excluding hydrogens is 330 g/mol. The smallest absolute Gasteiger partial charge is 0.133 e. The van der Waals surface area contributed by atoms with E-state index in [4.69, 9.17) is 9.47 Å². The molecule has 0 saturated heterocycles. The molecule has 0 aliphatic heterocycles. The van der Waals surface area contributed by atoms with E-state index >= 15 is 0 Å². The first kappa shape index (κ1) is 18.5. The fourth-order valence-corrected chi connectivity index (χ4v) is 2.77. The molecule has 0 amide bonds. The van der Waals surface area contributed by atoms with Gasteiger partial charge in [-0.25, -0.2) is 0 Å². The zero-order valence-corrected chi connectivity index (χ0v) is 15.4. The van der Waals surface area contributed by atoms with Crippen molar-refractivity contribution in [2.75, 3.05) is 26.9 Å². The molecule has 0 fully saturated rings. The first-order valence-electron chi connectivity index (χ1n) is 7.54. The molecular formula is C17H28BrNO2. The highest BCUT2D eigenvalue weighted by atomic mass is 79.9. The van der Waals surface area contributed by atoms with E-state index in [9.17, 15) is 0 Å². The minimum atomic E-state index is 0.160. The van der Waals surface area contributed by atoms with E-state index in [2.05, 4.69) is 61.1 Å². The van der Waals surface area contributed by atoms with Crippen LogP contribution in [0.1, 0.15) is 45.7 Å². The maximum Gasteiger partial charge on any atom is 0.133 e. The van der Waals surface area contributed by atoms with Crippen molar-refractivity contribution < 1.29 is 9.47 Å². The Morgan fingerprint density at radius 3 is 2.48 bits per heavy atom. The number of rotatable bonds is 8. The number of hydrogen-bond acceptors (Lipinski definition) is 3. The zero-order chi connectivity index (χ0) is 15.9. The quantitative estimate of drug-likeness (QED) is 0.691. The highest BCUT2D eigenvalue weighted by Gasteiger charge is 2.26. The van der Waals surface area contributed by atoms with Crippen LogP contribution in [0, 0.1) is 5.41 Å². The molecule has 1 rings (SSSR count). The third-order valence-corrected chi connectivity index (χ3v) is 3.92. The van der Waals surface area contributed by atoms with Crippen LogP contribution in [-0.4, -0.2) is 26.9 Å². The maximum atomic E-state index is 5.69. The van der Waals surface area contributed by atoms with Crippen molar-refractivity contribution in [3.63, 3.8) is 0 Å². The van der Waals surface area contributed by atoms with Gasteiger partial charge in [-0.2, -0.15) is 0 Å². The summed E-state index contributed by atoms with van der Waals surface area (Å²) in [6, 6.07) is 6.65. The second-order valence-electron chi connectivity index (χ2n) is 6.28. The summed E-state index contributed by atoms with van der Waals surface area (Å²) in [5.74, 6) is 0.860. The molecule has 0 aliphatic rings. The molecule has 1 unspecified atom stereocenters. The zero-order valence-electron chi connectivity index (χ0n) is 13.8. The molecule has 0 saturated carbocycles. The summed E-state index contributed by atoms with van der Waals surface area (Å²) < 4.78 is 11.7. The monoisotopic (exact) mass is 357 g/mol. The maximum absolute atomic E-state index is 5.69. The second-order valence-corrected chi connectivity index (χ2v) is 7.14. The predicted molar refractivity (Wildman–Crippen MR) is 92.0 cm³/mol. The average Bonchev–Trinajstić information content (AvgIpc) is 2.40. The fourth-order valence-electron chi connectivity index (χ4n) is 2.26. The molecule has 1 atom stereocenters. The summed E-state index contributed by atoms with van der Waals surface area (Å²) in [4.78, 5) is 0. The third-order valence-electron chi connectivity index (χ3n) is 3.30. The van der Waals surface area contributed by atoms with Crippen LogP contribution in [0.4, 0.5) is 0 Å². The van der Waals surface area contributed by atoms with Gasteiger partial charge in [-0.1, -0.05) is 33.8 Å². The van der Waals surface area contributed by atoms with Crippen molar-refractivity contribution in [2.24, 2.45) is 5.41 Å². The molecule has 0 aliphatic carbocycles. The first-order chi connectivity index (χ1) is 9.90. The van der Waals surface area contributed by atoms with Gasteiger partial charge in [0.2, 0.25) is 0 Å². The predicted octanol–water partition coefficient (Wildman–Crippen LogP) is 4.56. The van der Waals surface area contributed by atoms with Gasteiger partial charge in [-0.05, 0) is 52.0 Å². The van der Waals surface area contributed by atoms with E-state index in [0.29, 0.717) is 19.3 Å². The van der Waals surface area contributed by atoms with Crippen LogP contribution >= 0.6 is 15.9 Å². The Kier molecular flexibility index (Phi) is 7.71. The second kappa shape index (κ2) is 8.76. The van der Waals surface area contributed by atoms with Gasteiger partial charge in [-0.3, -0.25) is 0 Å². The van der Waals surface area contributed by atoms with Gasteiger partial charge in [0.15, 0.2) is 0 Å². The van der Waals surface area contributed by atoms with Crippen molar-refractivity contribution in [2.45, 2.75) is 40.2 Å². The van der Waals surface area contributed by atoms with Crippen LogP contribution < -0.4 is 10.1 Å². The highest BCUT2D eigenvalue weighted by molar-refractivity contribution is 9.10. The molecule has 0 radical (unpaired) electrons. The molecule has 21 heavy (non-hydrogen) atoms. The van der Waals surface area contributed by atoms with E-state index in [1.807, 2.05) is 6.07 Å². The lowest BCUT2D eigenvalue weighted by Gasteiger charge is -2.32. The van der Waals surface area contributed by atoms with Crippen molar-refractivity contribution in [3.8, 4) is 5.75 Å². The molecule has 120 valence electrons. The third kappa shape index (κ3) is 5.97. The van der Waals surface area contributed by atoms with Crippen LogP contribution in [0.2, 0.25) is 0 Å². The number of benzene rings is 1. The number of nitrogens with one attached hydrogen (secondary N) is 1. The largest absolute Gasteiger partial charge is 0.490 e. The van der Waals surface area contributed by atoms with Crippen LogP contribution in [0.25, 0.3) is 0 Å². The average molecular weight is 358 g/mol. The Balaban J connectivity index is 2.87. The highest BCUT2D eigenvalue weighted by Crippen LogP contribution is 2.36. The lowest BCUT2D eigenvalue weighted by Crippen LogP contribution is -2.32. The van der Waals surface area contributed by atoms with Crippen LogP contribution in [-0.2, 0) is 4.74 Å². The van der Waals surface area contributed by atoms with Gasteiger partial charge in [0.05, 0.1) is 11.1 Å². The normalized spacial score (nSPS) is 13.2. The van der Waals surface area contributed by atoms with Gasteiger partial charge in [-0.15, -0.1) is 0 Å². The number of halogens is 1. The van der Waals surface area contributed by atoms with Crippen LogP contribution in [0.15, 0.2) is 22.7 Å². The van der Waals surface area contributed by atoms with E-state index in [0.717, 1.165) is 23.2 Å². The Morgan fingerprint density at radius 2 is 1.95 bits per heavy atom. The van der Waals surface area contributed by atoms with Crippen molar-refractivity contribution in [3.05, 3.63) is 28.2 Å². The van der Waals surface area contributed by atoms with E-state index in [1.54, 1.807) is 7.11 Å². The Bertz CT molecular complexity index is 429. The summed E-state index contributed by atoms with van der Waals surface area (Å²) in [6.07, 6.45) is 1.13. The van der Waals surface area contributed by atoms with Gasteiger partial charge >= 0.3 is 0 Å². The number of methoxy groups -OCH3 is 1. The standard InChI is InChI=1S/C17H28BrNO2/c1-6-9-19-16(17(2,3)4)13-7-8-15(14(18)12-13)21-11-10-20-5/h7-8,12,16,19H,6,9-11H2,1-5H3. The van der Waals surface area contributed by atoms with E-state index in [1.165, 1.54) is 5.56 Å². The summed E-state index contributed by atoms with van der Waals surface area (Å²) >= 11 is 3.61. The van der Waals surface area contributed by atoms with Gasteiger partial charge in [0.25, 0.3) is 0 Å². The van der Waals surface area contributed by atoms with E-state index < -0.39 is 0 Å². The van der Waals surface area contributed by atoms with Crippen molar-refractivity contribution in [1.82, 2.24) is 5.32 Å². The summed E-state index contributed by atoms with van der Waals surface area (Å²) in [5, 5.41) is 3.64. The van der Waals surface area contributed by atoms with Crippen molar-refractivity contribution in [1.29, 1.82) is 0 Å². The summed E-state index contributed by atoms with van der Waals surface area (Å²) in [6.45, 7) is 11.1. The Morgan fingerprint density at radius 1 is 1.24 bits per heavy atom. The molecule has 4 heteroatoms. The van der Waals surface area contributed by atoms with E-state index in [-0.39, 0.29) is 5.41 Å². The minimum Gasteiger partial charge on any atom is -0.490 e. The number of hydrogen-bond donors (Lipinski definition) is 1. The molecule has 0 heterocycles. The van der Waals surface area contributed by atoms with Crippen LogP contribution in [0.3, 0.4) is 0 Å².